The van der Waals surface area contributed by atoms with Crippen molar-refractivity contribution in [2.75, 3.05) is 4.90 Å². The molecule has 8 nitrogen and oxygen atoms in total. The Hall–Kier alpha value is -2.50. The average Bonchev–Trinajstić information content (AvgIpc) is 2.75. The molecule has 1 aromatic rings. The number of amides is 1. The van der Waals surface area contributed by atoms with Crippen molar-refractivity contribution in [2.24, 2.45) is 5.73 Å². The zero-order valence-electron chi connectivity index (χ0n) is 11.4. The smallest absolute Gasteiger partial charge is 0.432 e. The quantitative estimate of drug-likeness (QED) is 0.630. The van der Waals surface area contributed by atoms with E-state index in [1.165, 1.54) is 6.92 Å². The summed E-state index contributed by atoms with van der Waals surface area (Å²) >= 11 is 0.505. The summed E-state index contributed by atoms with van der Waals surface area (Å²) in [6, 6.07) is 1.70. The number of nitro groups is 1. The molecule has 23 heavy (non-hydrogen) atoms. The largest absolute Gasteiger partial charge is 0.493 e. The van der Waals surface area contributed by atoms with Crippen molar-refractivity contribution >= 4 is 29.2 Å². The topological polar surface area (TPSA) is 123 Å². The average molecular weight is 350 g/mol. The first kappa shape index (κ1) is 16.9. The molecule has 1 atom stereocenters. The highest BCUT2D eigenvalue weighted by molar-refractivity contribution is 8.05. The third-order valence-corrected chi connectivity index (χ3v) is 4.05. The molecule has 0 radical (unpaired) electrons. The maximum Gasteiger partial charge on any atom is 0.432 e. The normalized spacial score (nSPS) is 18.4. The predicted molar refractivity (Wildman–Crippen MR) is 74.4 cm³/mol. The van der Waals surface area contributed by atoms with Gasteiger partial charge in [0.05, 0.1) is 10.3 Å². The summed E-state index contributed by atoms with van der Waals surface area (Å²) in [5, 5.41) is 19.4. The number of aromatic nitrogens is 1. The molecule has 0 fully saturated rings. The summed E-state index contributed by atoms with van der Waals surface area (Å²) in [4.78, 5) is 24.5. The highest BCUT2D eigenvalue weighted by Crippen LogP contribution is 2.48. The lowest BCUT2D eigenvalue weighted by Crippen LogP contribution is -2.35. The fraction of sp³-hybridized carbons (Fsp3) is 0.273. The Morgan fingerprint density at radius 2 is 2.13 bits per heavy atom. The molecule has 0 saturated carbocycles. The molecule has 2 rings (SSSR count). The van der Waals surface area contributed by atoms with Gasteiger partial charge in [0.25, 0.3) is 5.91 Å². The zero-order valence-corrected chi connectivity index (χ0v) is 12.2. The van der Waals surface area contributed by atoms with Gasteiger partial charge in [-0.3, -0.25) is 14.9 Å². The number of aromatic hydroxyl groups is 1. The summed E-state index contributed by atoms with van der Waals surface area (Å²) in [6.07, 6.45) is -5.00. The van der Waals surface area contributed by atoms with Crippen molar-refractivity contribution in [3.05, 3.63) is 32.8 Å². The van der Waals surface area contributed by atoms with E-state index in [0.717, 1.165) is 12.1 Å². The first-order valence-electron chi connectivity index (χ1n) is 5.95. The Balaban J connectivity index is 2.73. The second kappa shape index (κ2) is 5.61. The number of hydrogen-bond donors (Lipinski definition) is 2. The van der Waals surface area contributed by atoms with Gasteiger partial charge in [-0.05, 0) is 6.92 Å². The van der Waals surface area contributed by atoms with Gasteiger partial charge in [0.1, 0.15) is 10.6 Å². The number of anilines is 1. The molecule has 0 bridgehead atoms. The number of nitrogens with two attached hydrogens (primary N) is 1. The van der Waals surface area contributed by atoms with E-state index in [4.69, 9.17) is 5.73 Å². The Bertz CT molecular complexity index is 722. The molecular weight excluding hydrogens is 341 g/mol. The number of rotatable bonds is 3. The fourth-order valence-corrected chi connectivity index (χ4v) is 3.13. The number of carbonyl (C=O) groups excluding carboxylic acids is 1. The number of nitrogens with zero attached hydrogens (tertiary/aromatic N) is 3. The van der Waals surface area contributed by atoms with E-state index in [1.807, 2.05) is 0 Å². The number of allylic oxidation sites excluding steroid dienone is 1. The van der Waals surface area contributed by atoms with E-state index in [0.29, 0.717) is 16.7 Å². The Morgan fingerprint density at radius 3 is 2.61 bits per heavy atom. The highest BCUT2D eigenvalue weighted by Gasteiger charge is 2.50. The first-order valence-corrected chi connectivity index (χ1v) is 6.83. The van der Waals surface area contributed by atoms with Crippen molar-refractivity contribution in [2.45, 2.75) is 18.5 Å². The summed E-state index contributed by atoms with van der Waals surface area (Å²) in [5.41, 5.74) is 2.78. The molecule has 1 unspecified atom stereocenters. The van der Waals surface area contributed by atoms with Crippen molar-refractivity contribution in [3.8, 4) is 5.88 Å². The van der Waals surface area contributed by atoms with E-state index in [2.05, 4.69) is 4.98 Å². The molecule has 1 aliphatic rings. The number of thioether (sulfide) groups is 1. The van der Waals surface area contributed by atoms with Crippen LogP contribution in [-0.4, -0.2) is 32.5 Å². The summed E-state index contributed by atoms with van der Waals surface area (Å²) in [7, 11) is 0. The minimum absolute atomic E-state index is 0.475. The molecule has 12 heteroatoms. The summed E-state index contributed by atoms with van der Waals surface area (Å²) in [6.45, 7) is 1.29. The standard InChI is InChI=1S/C11H9F3N4O4S/c1-4-17(8(11(12,13)14)7(23-4)9(15)20)10-5(18(21)22)2-3-6(19)16-10/h2-4H,1H3,(H2,15,20)(H,16,19). The molecule has 3 N–H and O–H groups in total. The van der Waals surface area contributed by atoms with Gasteiger partial charge in [-0.15, -0.1) is 0 Å². The van der Waals surface area contributed by atoms with Gasteiger partial charge in [-0.25, -0.2) is 0 Å². The molecule has 1 aromatic heterocycles. The van der Waals surface area contributed by atoms with Crippen LogP contribution in [0.5, 0.6) is 5.88 Å². The molecule has 1 aliphatic heterocycles. The second-order valence-electron chi connectivity index (χ2n) is 4.40. The van der Waals surface area contributed by atoms with Gasteiger partial charge in [-0.2, -0.15) is 18.2 Å². The second-order valence-corrected chi connectivity index (χ2v) is 5.72. The van der Waals surface area contributed by atoms with Crippen LogP contribution in [0, 0.1) is 10.1 Å². The van der Waals surface area contributed by atoms with Crippen LogP contribution in [0.4, 0.5) is 24.7 Å². The van der Waals surface area contributed by atoms with E-state index in [1.54, 1.807) is 0 Å². The molecule has 0 spiro atoms. The lowest BCUT2D eigenvalue weighted by molar-refractivity contribution is -0.384. The molecule has 124 valence electrons. The van der Waals surface area contributed by atoms with Crippen LogP contribution >= 0.6 is 11.8 Å². The van der Waals surface area contributed by atoms with Crippen LogP contribution in [0.3, 0.4) is 0 Å². The Morgan fingerprint density at radius 1 is 1.52 bits per heavy atom. The van der Waals surface area contributed by atoms with Gasteiger partial charge in [0.2, 0.25) is 11.7 Å². The maximum absolute atomic E-state index is 13.3. The summed E-state index contributed by atoms with van der Waals surface area (Å²) in [5.74, 6) is -2.73. The number of halogens is 3. The Kier molecular flexibility index (Phi) is 4.11. The number of alkyl halides is 3. The monoisotopic (exact) mass is 350 g/mol. The number of hydrogen-bond acceptors (Lipinski definition) is 7. The fourth-order valence-electron chi connectivity index (χ4n) is 2.04. The van der Waals surface area contributed by atoms with E-state index in [-0.39, 0.29) is 0 Å². The molecule has 1 amide bonds. The molecule has 0 saturated heterocycles. The van der Waals surface area contributed by atoms with Crippen molar-refractivity contribution in [1.82, 2.24) is 4.98 Å². The lowest BCUT2D eigenvalue weighted by atomic mass is 10.2. The van der Waals surface area contributed by atoms with Crippen LogP contribution in [-0.2, 0) is 4.79 Å². The molecule has 0 aliphatic carbocycles. The molecule has 2 heterocycles. The van der Waals surface area contributed by atoms with Gasteiger partial charge in [0.15, 0.2) is 0 Å². The van der Waals surface area contributed by atoms with Gasteiger partial charge in [-0.1, -0.05) is 11.8 Å². The zero-order chi connectivity index (χ0) is 17.5. The van der Waals surface area contributed by atoms with Crippen LogP contribution < -0.4 is 10.6 Å². The van der Waals surface area contributed by atoms with Gasteiger partial charge >= 0.3 is 11.9 Å². The van der Waals surface area contributed by atoms with E-state index < -0.39 is 50.4 Å². The minimum atomic E-state index is -5.00. The van der Waals surface area contributed by atoms with Crippen molar-refractivity contribution in [3.63, 3.8) is 0 Å². The predicted octanol–water partition coefficient (Wildman–Crippen LogP) is 1.85. The van der Waals surface area contributed by atoms with E-state index >= 15 is 0 Å². The molecule has 0 aromatic carbocycles. The van der Waals surface area contributed by atoms with Crippen LogP contribution in [0.1, 0.15) is 6.92 Å². The van der Waals surface area contributed by atoms with Crippen LogP contribution in [0.25, 0.3) is 0 Å². The number of primary amides is 1. The SMILES string of the molecule is CC1SC(C(N)=O)=C(C(F)(F)F)N1c1nc(O)ccc1[N+](=O)[O-]. The van der Waals surface area contributed by atoms with Crippen LogP contribution in [0.2, 0.25) is 0 Å². The third-order valence-electron chi connectivity index (χ3n) is 2.87. The van der Waals surface area contributed by atoms with Gasteiger partial charge < -0.3 is 15.7 Å². The number of pyridine rings is 1. The van der Waals surface area contributed by atoms with Crippen molar-refractivity contribution < 1.29 is 28.0 Å². The lowest BCUT2D eigenvalue weighted by Gasteiger charge is -2.26. The highest BCUT2D eigenvalue weighted by atomic mass is 32.2. The number of carbonyl (C=O) groups is 1. The van der Waals surface area contributed by atoms with Crippen molar-refractivity contribution in [1.29, 1.82) is 0 Å². The maximum atomic E-state index is 13.3. The first-order chi connectivity index (χ1) is 10.5. The molecular formula is C11H9F3N4O4S. The van der Waals surface area contributed by atoms with Gasteiger partial charge in [0, 0.05) is 12.1 Å². The van der Waals surface area contributed by atoms with E-state index in [9.17, 15) is 33.2 Å². The Labute approximate surface area is 130 Å². The third kappa shape index (κ3) is 3.02. The summed E-state index contributed by atoms with van der Waals surface area (Å²) < 4.78 is 40.0. The van der Waals surface area contributed by atoms with Crippen LogP contribution in [0.15, 0.2) is 22.7 Å². The minimum Gasteiger partial charge on any atom is -0.493 e.